The predicted octanol–water partition coefficient (Wildman–Crippen LogP) is 3.28. The lowest BCUT2D eigenvalue weighted by Gasteiger charge is -2.37. The number of nitrogens with two attached hydrogens (primary N) is 1. The molecule has 1 aromatic rings. The zero-order valence-corrected chi connectivity index (χ0v) is 14.7. The molecule has 0 aromatic heterocycles. The van der Waals surface area contributed by atoms with E-state index in [0.717, 1.165) is 43.6 Å². The number of halogens is 1. The van der Waals surface area contributed by atoms with Crippen LogP contribution in [0.25, 0.3) is 0 Å². The van der Waals surface area contributed by atoms with Gasteiger partial charge in [0.2, 0.25) is 5.91 Å². The summed E-state index contributed by atoms with van der Waals surface area (Å²) in [5.41, 5.74) is 9.29. The SMILES string of the molecule is CC(C(=O)NC1CCCCC1)N1CCCc2c(N)cccc21.Cl. The smallest absolute Gasteiger partial charge is 0.242 e. The average molecular weight is 338 g/mol. The third kappa shape index (κ3) is 3.92. The molecule has 0 bridgehead atoms. The number of anilines is 2. The molecule has 2 aliphatic rings. The Labute approximate surface area is 145 Å². The van der Waals surface area contributed by atoms with Crippen molar-refractivity contribution in [1.82, 2.24) is 5.32 Å². The van der Waals surface area contributed by atoms with Gasteiger partial charge in [-0.15, -0.1) is 12.4 Å². The maximum Gasteiger partial charge on any atom is 0.242 e. The highest BCUT2D eigenvalue weighted by atomic mass is 35.5. The Morgan fingerprint density at radius 2 is 2.00 bits per heavy atom. The van der Waals surface area contributed by atoms with Crippen LogP contribution in [0.5, 0.6) is 0 Å². The van der Waals surface area contributed by atoms with Crippen LogP contribution in [0.2, 0.25) is 0 Å². The summed E-state index contributed by atoms with van der Waals surface area (Å²) < 4.78 is 0. The fourth-order valence-corrected chi connectivity index (χ4v) is 3.79. The molecule has 1 fully saturated rings. The van der Waals surface area contributed by atoms with Gasteiger partial charge in [0.15, 0.2) is 0 Å². The van der Waals surface area contributed by atoms with Crippen LogP contribution in [0.1, 0.15) is 51.0 Å². The summed E-state index contributed by atoms with van der Waals surface area (Å²) in [6.07, 6.45) is 8.10. The molecule has 23 heavy (non-hydrogen) atoms. The van der Waals surface area contributed by atoms with E-state index in [1.807, 2.05) is 19.1 Å². The number of carbonyl (C=O) groups is 1. The number of carbonyl (C=O) groups excluding carboxylic acids is 1. The molecule has 1 atom stereocenters. The number of amides is 1. The van der Waals surface area contributed by atoms with E-state index in [-0.39, 0.29) is 24.4 Å². The van der Waals surface area contributed by atoms with Gasteiger partial charge in [-0.2, -0.15) is 0 Å². The minimum Gasteiger partial charge on any atom is -0.398 e. The van der Waals surface area contributed by atoms with Crippen molar-refractivity contribution < 1.29 is 4.79 Å². The molecule has 1 amide bonds. The van der Waals surface area contributed by atoms with Crippen LogP contribution in [0.3, 0.4) is 0 Å². The van der Waals surface area contributed by atoms with Crippen molar-refractivity contribution in [3.63, 3.8) is 0 Å². The molecule has 5 heteroatoms. The van der Waals surface area contributed by atoms with Crippen LogP contribution in [-0.2, 0) is 11.2 Å². The molecule has 1 aliphatic carbocycles. The summed E-state index contributed by atoms with van der Waals surface area (Å²) in [6.45, 7) is 2.94. The van der Waals surface area contributed by atoms with Crippen molar-refractivity contribution in [2.75, 3.05) is 17.2 Å². The van der Waals surface area contributed by atoms with Gasteiger partial charge in [0.05, 0.1) is 0 Å². The normalized spacial score (nSPS) is 19.4. The number of fused-ring (bicyclic) bond motifs is 1. The molecule has 128 valence electrons. The predicted molar refractivity (Wildman–Crippen MR) is 98.2 cm³/mol. The van der Waals surface area contributed by atoms with Gasteiger partial charge in [0, 0.05) is 24.0 Å². The summed E-state index contributed by atoms with van der Waals surface area (Å²) in [6, 6.07) is 6.26. The first kappa shape index (κ1) is 17.9. The number of nitrogens with one attached hydrogen (secondary N) is 1. The van der Waals surface area contributed by atoms with Gasteiger partial charge in [-0.25, -0.2) is 0 Å². The van der Waals surface area contributed by atoms with Crippen molar-refractivity contribution in [3.05, 3.63) is 23.8 Å². The first-order valence-electron chi connectivity index (χ1n) is 8.61. The molecular formula is C18H28ClN3O. The van der Waals surface area contributed by atoms with Gasteiger partial charge in [0.25, 0.3) is 0 Å². The van der Waals surface area contributed by atoms with Gasteiger partial charge in [-0.3, -0.25) is 4.79 Å². The molecule has 4 nitrogen and oxygen atoms in total. The Kier molecular flexibility index (Phi) is 6.17. The lowest BCUT2D eigenvalue weighted by Crippen LogP contribution is -2.50. The average Bonchev–Trinajstić information content (AvgIpc) is 2.55. The molecule has 0 saturated heterocycles. The molecule has 1 saturated carbocycles. The molecule has 0 spiro atoms. The van der Waals surface area contributed by atoms with Crippen LogP contribution in [-0.4, -0.2) is 24.5 Å². The monoisotopic (exact) mass is 337 g/mol. The van der Waals surface area contributed by atoms with Crippen LogP contribution < -0.4 is 16.0 Å². The fraction of sp³-hybridized carbons (Fsp3) is 0.611. The molecule has 1 aromatic carbocycles. The number of nitrogens with zero attached hydrogens (tertiary/aromatic N) is 1. The lowest BCUT2D eigenvalue weighted by atomic mass is 9.95. The molecule has 1 unspecified atom stereocenters. The number of benzene rings is 1. The Balaban J connectivity index is 0.00000192. The maximum absolute atomic E-state index is 12.6. The standard InChI is InChI=1S/C18H27N3O.ClH/c1-13(18(22)20-14-7-3-2-4-8-14)21-12-6-9-15-16(19)10-5-11-17(15)21;/h5,10-11,13-14H,2-4,6-9,12,19H2,1H3,(H,20,22);1H. The Morgan fingerprint density at radius 3 is 2.74 bits per heavy atom. The first-order chi connectivity index (χ1) is 10.7. The zero-order valence-electron chi connectivity index (χ0n) is 13.9. The van der Waals surface area contributed by atoms with Crippen LogP contribution in [0, 0.1) is 0 Å². The maximum atomic E-state index is 12.6. The van der Waals surface area contributed by atoms with Crippen LogP contribution in [0.15, 0.2) is 18.2 Å². The van der Waals surface area contributed by atoms with E-state index in [0.29, 0.717) is 6.04 Å². The van der Waals surface area contributed by atoms with E-state index < -0.39 is 0 Å². The van der Waals surface area contributed by atoms with Gasteiger partial charge in [-0.1, -0.05) is 25.3 Å². The minimum absolute atomic E-state index is 0. The highest BCUT2D eigenvalue weighted by molar-refractivity contribution is 5.86. The molecule has 0 radical (unpaired) electrons. The van der Waals surface area contributed by atoms with E-state index in [1.54, 1.807) is 0 Å². The fourth-order valence-electron chi connectivity index (χ4n) is 3.79. The second-order valence-corrected chi connectivity index (χ2v) is 6.66. The zero-order chi connectivity index (χ0) is 15.5. The number of nitrogen functional groups attached to an aromatic ring is 1. The quantitative estimate of drug-likeness (QED) is 0.832. The van der Waals surface area contributed by atoms with Gasteiger partial charge < -0.3 is 16.0 Å². The lowest BCUT2D eigenvalue weighted by molar-refractivity contribution is -0.123. The van der Waals surface area contributed by atoms with Gasteiger partial charge in [0.1, 0.15) is 6.04 Å². The first-order valence-corrected chi connectivity index (χ1v) is 8.61. The summed E-state index contributed by atoms with van der Waals surface area (Å²) in [4.78, 5) is 14.8. The molecule has 1 aliphatic heterocycles. The van der Waals surface area contributed by atoms with E-state index in [1.165, 1.54) is 24.8 Å². The molecule has 3 rings (SSSR count). The number of hydrogen-bond donors (Lipinski definition) is 2. The van der Waals surface area contributed by atoms with Crippen molar-refractivity contribution >= 4 is 29.7 Å². The highest BCUT2D eigenvalue weighted by Crippen LogP contribution is 2.32. The molecule has 3 N–H and O–H groups in total. The Hall–Kier alpha value is -1.42. The van der Waals surface area contributed by atoms with E-state index >= 15 is 0 Å². The summed E-state index contributed by atoms with van der Waals surface area (Å²) in [5.74, 6) is 0.155. The summed E-state index contributed by atoms with van der Waals surface area (Å²) in [5, 5.41) is 3.25. The number of rotatable bonds is 3. The van der Waals surface area contributed by atoms with Crippen molar-refractivity contribution in [2.24, 2.45) is 0 Å². The topological polar surface area (TPSA) is 58.4 Å². The second-order valence-electron chi connectivity index (χ2n) is 6.66. The van der Waals surface area contributed by atoms with E-state index in [4.69, 9.17) is 5.73 Å². The Bertz CT molecular complexity index is 543. The van der Waals surface area contributed by atoms with E-state index in [9.17, 15) is 4.79 Å². The van der Waals surface area contributed by atoms with Crippen molar-refractivity contribution in [3.8, 4) is 0 Å². The number of hydrogen-bond acceptors (Lipinski definition) is 3. The van der Waals surface area contributed by atoms with Crippen molar-refractivity contribution in [1.29, 1.82) is 0 Å². The van der Waals surface area contributed by atoms with E-state index in [2.05, 4.69) is 16.3 Å². The van der Waals surface area contributed by atoms with Crippen molar-refractivity contribution in [2.45, 2.75) is 64.0 Å². The van der Waals surface area contributed by atoms with Crippen LogP contribution >= 0.6 is 12.4 Å². The Morgan fingerprint density at radius 1 is 1.26 bits per heavy atom. The minimum atomic E-state index is -0.136. The molecule has 1 heterocycles. The summed E-state index contributed by atoms with van der Waals surface area (Å²) >= 11 is 0. The highest BCUT2D eigenvalue weighted by Gasteiger charge is 2.28. The van der Waals surface area contributed by atoms with Gasteiger partial charge in [-0.05, 0) is 50.3 Å². The van der Waals surface area contributed by atoms with Gasteiger partial charge >= 0.3 is 0 Å². The molecular weight excluding hydrogens is 310 g/mol. The van der Waals surface area contributed by atoms with Crippen LogP contribution in [0.4, 0.5) is 11.4 Å². The largest absolute Gasteiger partial charge is 0.398 e. The summed E-state index contributed by atoms with van der Waals surface area (Å²) in [7, 11) is 0. The third-order valence-corrected chi connectivity index (χ3v) is 5.12. The second kappa shape index (κ2) is 7.91. The third-order valence-electron chi connectivity index (χ3n) is 5.12.